The number of rotatable bonds is 3. The SMILES string of the molecule is CC(Cc1cc(Cl)cc2c1OCC2)C(=O)O. The Balaban J connectivity index is 2.30. The Morgan fingerprint density at radius 3 is 3.06 bits per heavy atom. The van der Waals surface area contributed by atoms with Crippen LogP contribution in [0.3, 0.4) is 0 Å². The second kappa shape index (κ2) is 4.34. The third-order valence-corrected chi connectivity index (χ3v) is 2.99. The van der Waals surface area contributed by atoms with Crippen LogP contribution in [-0.4, -0.2) is 17.7 Å². The van der Waals surface area contributed by atoms with E-state index in [4.69, 9.17) is 21.4 Å². The van der Waals surface area contributed by atoms with Crippen molar-refractivity contribution in [2.75, 3.05) is 6.61 Å². The van der Waals surface area contributed by atoms with E-state index in [2.05, 4.69) is 0 Å². The van der Waals surface area contributed by atoms with Gasteiger partial charge in [-0.2, -0.15) is 0 Å². The Bertz CT molecular complexity index is 429. The molecule has 4 heteroatoms. The molecule has 0 spiro atoms. The van der Waals surface area contributed by atoms with Crippen LogP contribution in [0.15, 0.2) is 12.1 Å². The van der Waals surface area contributed by atoms with Gasteiger partial charge in [0.2, 0.25) is 0 Å². The maximum absolute atomic E-state index is 10.8. The highest BCUT2D eigenvalue weighted by Crippen LogP contribution is 2.34. The predicted molar refractivity (Wildman–Crippen MR) is 61.2 cm³/mol. The van der Waals surface area contributed by atoms with Crippen molar-refractivity contribution in [1.82, 2.24) is 0 Å². The maximum Gasteiger partial charge on any atom is 0.306 e. The van der Waals surface area contributed by atoms with Gasteiger partial charge in [-0.05, 0) is 29.7 Å². The second-order valence-electron chi connectivity index (χ2n) is 4.10. The van der Waals surface area contributed by atoms with Crippen LogP contribution in [-0.2, 0) is 17.6 Å². The summed E-state index contributed by atoms with van der Waals surface area (Å²) in [6.45, 7) is 2.34. The largest absolute Gasteiger partial charge is 0.493 e. The second-order valence-corrected chi connectivity index (χ2v) is 4.53. The van der Waals surface area contributed by atoms with Crippen molar-refractivity contribution in [3.05, 3.63) is 28.3 Å². The van der Waals surface area contributed by atoms with E-state index in [1.807, 2.05) is 6.07 Å². The molecular formula is C12H13ClO3. The van der Waals surface area contributed by atoms with Crippen LogP contribution < -0.4 is 4.74 Å². The smallest absolute Gasteiger partial charge is 0.306 e. The van der Waals surface area contributed by atoms with Crippen LogP contribution in [0.25, 0.3) is 0 Å². The number of carboxylic acids is 1. The molecule has 2 rings (SSSR count). The monoisotopic (exact) mass is 240 g/mol. The number of carbonyl (C=O) groups is 1. The highest BCUT2D eigenvalue weighted by Gasteiger charge is 2.21. The zero-order chi connectivity index (χ0) is 11.7. The summed E-state index contributed by atoms with van der Waals surface area (Å²) in [5.74, 6) is -0.393. The van der Waals surface area contributed by atoms with Crippen LogP contribution in [0.1, 0.15) is 18.1 Å². The van der Waals surface area contributed by atoms with Gasteiger partial charge >= 0.3 is 5.97 Å². The van der Waals surface area contributed by atoms with Crippen molar-refractivity contribution in [1.29, 1.82) is 0 Å². The molecule has 0 amide bonds. The Labute approximate surface area is 99.0 Å². The topological polar surface area (TPSA) is 46.5 Å². The number of halogens is 1. The first-order valence-corrected chi connectivity index (χ1v) is 5.62. The van der Waals surface area contributed by atoms with E-state index in [1.54, 1.807) is 13.0 Å². The Hall–Kier alpha value is -1.22. The maximum atomic E-state index is 10.8. The van der Waals surface area contributed by atoms with Gasteiger partial charge in [0.1, 0.15) is 5.75 Å². The molecule has 0 saturated carbocycles. The fourth-order valence-corrected chi connectivity index (χ4v) is 2.18. The van der Waals surface area contributed by atoms with E-state index >= 15 is 0 Å². The van der Waals surface area contributed by atoms with Crippen LogP contribution in [0.5, 0.6) is 5.75 Å². The standard InChI is InChI=1S/C12H13ClO3/c1-7(12(14)15)4-9-6-10(13)5-8-2-3-16-11(8)9/h5-7H,2-4H2,1H3,(H,14,15). The van der Waals surface area contributed by atoms with Crippen molar-refractivity contribution in [3.8, 4) is 5.75 Å². The van der Waals surface area contributed by atoms with E-state index in [0.29, 0.717) is 18.1 Å². The zero-order valence-electron chi connectivity index (χ0n) is 9.00. The first kappa shape index (κ1) is 11.3. The molecule has 16 heavy (non-hydrogen) atoms. The minimum absolute atomic E-state index is 0.424. The van der Waals surface area contributed by atoms with Crippen LogP contribution in [0.2, 0.25) is 5.02 Å². The number of aliphatic carboxylic acids is 1. The molecule has 1 aromatic rings. The van der Waals surface area contributed by atoms with E-state index in [-0.39, 0.29) is 0 Å². The first-order chi connectivity index (χ1) is 7.58. The molecule has 1 aliphatic heterocycles. The summed E-state index contributed by atoms with van der Waals surface area (Å²) in [5.41, 5.74) is 1.98. The summed E-state index contributed by atoms with van der Waals surface area (Å²) in [5, 5.41) is 9.54. The summed E-state index contributed by atoms with van der Waals surface area (Å²) < 4.78 is 5.51. The summed E-state index contributed by atoms with van der Waals surface area (Å²) in [4.78, 5) is 10.8. The van der Waals surface area contributed by atoms with Crippen LogP contribution in [0.4, 0.5) is 0 Å². The third-order valence-electron chi connectivity index (χ3n) is 2.77. The number of benzene rings is 1. The summed E-state index contributed by atoms with van der Waals surface area (Å²) in [6, 6.07) is 3.68. The average molecular weight is 241 g/mol. The lowest BCUT2D eigenvalue weighted by molar-refractivity contribution is -0.141. The lowest BCUT2D eigenvalue weighted by Crippen LogP contribution is -2.12. The lowest BCUT2D eigenvalue weighted by atomic mass is 9.98. The van der Waals surface area contributed by atoms with Gasteiger partial charge in [0.25, 0.3) is 0 Å². The van der Waals surface area contributed by atoms with Gasteiger partial charge in [0.05, 0.1) is 12.5 Å². The molecule has 1 N–H and O–H groups in total. The number of fused-ring (bicyclic) bond motifs is 1. The molecule has 86 valence electrons. The molecule has 0 radical (unpaired) electrons. The van der Waals surface area contributed by atoms with E-state index in [1.165, 1.54) is 0 Å². The molecule has 1 heterocycles. The van der Waals surface area contributed by atoms with Gasteiger partial charge in [0, 0.05) is 11.4 Å². The summed E-state index contributed by atoms with van der Waals surface area (Å²) in [7, 11) is 0. The number of hydrogen-bond acceptors (Lipinski definition) is 2. The molecule has 0 aromatic heterocycles. The van der Waals surface area contributed by atoms with Crippen molar-refractivity contribution >= 4 is 17.6 Å². The van der Waals surface area contributed by atoms with Gasteiger partial charge in [-0.25, -0.2) is 0 Å². The molecule has 3 nitrogen and oxygen atoms in total. The molecular weight excluding hydrogens is 228 g/mol. The highest BCUT2D eigenvalue weighted by molar-refractivity contribution is 6.30. The Morgan fingerprint density at radius 1 is 1.62 bits per heavy atom. The lowest BCUT2D eigenvalue weighted by Gasteiger charge is -2.11. The summed E-state index contributed by atoms with van der Waals surface area (Å²) in [6.07, 6.45) is 1.31. The number of hydrogen-bond donors (Lipinski definition) is 1. The normalized spacial score (nSPS) is 15.4. The fraction of sp³-hybridized carbons (Fsp3) is 0.417. The van der Waals surface area contributed by atoms with Gasteiger partial charge in [-0.15, -0.1) is 0 Å². The van der Waals surface area contributed by atoms with E-state index in [0.717, 1.165) is 23.3 Å². The minimum Gasteiger partial charge on any atom is -0.493 e. The first-order valence-electron chi connectivity index (χ1n) is 5.25. The quantitative estimate of drug-likeness (QED) is 0.883. The van der Waals surface area contributed by atoms with Gasteiger partial charge < -0.3 is 9.84 Å². The average Bonchev–Trinajstić information content (AvgIpc) is 2.65. The Morgan fingerprint density at radius 2 is 2.38 bits per heavy atom. The van der Waals surface area contributed by atoms with Gasteiger partial charge in [0.15, 0.2) is 0 Å². The van der Waals surface area contributed by atoms with Crippen molar-refractivity contribution < 1.29 is 14.6 Å². The highest BCUT2D eigenvalue weighted by atomic mass is 35.5. The molecule has 0 aliphatic carbocycles. The van der Waals surface area contributed by atoms with Crippen LogP contribution >= 0.6 is 11.6 Å². The molecule has 0 saturated heterocycles. The predicted octanol–water partition coefficient (Wildman–Crippen LogP) is 2.54. The van der Waals surface area contributed by atoms with Crippen molar-refractivity contribution in [3.63, 3.8) is 0 Å². The molecule has 0 bridgehead atoms. The molecule has 1 atom stereocenters. The van der Waals surface area contributed by atoms with Crippen molar-refractivity contribution in [2.45, 2.75) is 19.8 Å². The number of carboxylic acid groups (broad SMARTS) is 1. The summed E-state index contributed by atoms with van der Waals surface area (Å²) >= 11 is 5.99. The van der Waals surface area contributed by atoms with E-state index < -0.39 is 11.9 Å². The molecule has 1 aromatic carbocycles. The molecule has 1 aliphatic rings. The number of ether oxygens (including phenoxy) is 1. The molecule has 1 unspecified atom stereocenters. The Kier molecular flexibility index (Phi) is 3.06. The van der Waals surface area contributed by atoms with Gasteiger partial charge in [-0.1, -0.05) is 18.5 Å². The fourth-order valence-electron chi connectivity index (χ4n) is 1.91. The van der Waals surface area contributed by atoms with Crippen LogP contribution in [0, 0.1) is 5.92 Å². The molecule has 0 fully saturated rings. The van der Waals surface area contributed by atoms with E-state index in [9.17, 15) is 4.79 Å². The zero-order valence-corrected chi connectivity index (χ0v) is 9.75. The minimum atomic E-state index is -0.799. The third kappa shape index (κ3) is 2.14. The van der Waals surface area contributed by atoms with Crippen molar-refractivity contribution in [2.24, 2.45) is 5.92 Å². The van der Waals surface area contributed by atoms with Gasteiger partial charge in [-0.3, -0.25) is 4.79 Å².